The lowest BCUT2D eigenvalue weighted by atomic mass is 10.0. The summed E-state index contributed by atoms with van der Waals surface area (Å²) in [6.45, 7) is 1.86. The van der Waals surface area contributed by atoms with E-state index in [1.807, 2.05) is 66.7 Å². The topological polar surface area (TPSA) is 58.6 Å². The van der Waals surface area contributed by atoms with E-state index in [0.29, 0.717) is 17.3 Å². The van der Waals surface area contributed by atoms with Crippen molar-refractivity contribution in [2.24, 2.45) is 0 Å². The standard InChI is InChI=1S/C25H25ClN2O3/c1-18(29)27-24(20-8-10-21(26)11-9-20)16-25(30)28(17-19-6-4-3-5-7-19)22-12-14-23(31-2)15-13-22/h3-15,24H,16-17H2,1-2H3,(H,27,29). The average molecular weight is 437 g/mol. The fraction of sp³-hybridized carbons (Fsp3) is 0.200. The van der Waals surface area contributed by atoms with E-state index in [0.717, 1.165) is 16.8 Å². The summed E-state index contributed by atoms with van der Waals surface area (Å²) in [5.41, 5.74) is 2.59. The number of amides is 2. The molecule has 160 valence electrons. The lowest BCUT2D eigenvalue weighted by molar-refractivity contribution is -0.121. The van der Waals surface area contributed by atoms with Crippen LogP contribution in [0.5, 0.6) is 5.75 Å². The summed E-state index contributed by atoms with van der Waals surface area (Å²) in [5.74, 6) is 0.405. The predicted molar refractivity (Wildman–Crippen MR) is 123 cm³/mol. The summed E-state index contributed by atoms with van der Waals surface area (Å²) in [6.07, 6.45) is 0.111. The molecule has 0 fully saturated rings. The van der Waals surface area contributed by atoms with E-state index in [9.17, 15) is 9.59 Å². The SMILES string of the molecule is COc1ccc(N(Cc2ccccc2)C(=O)CC(NC(C)=O)c2ccc(Cl)cc2)cc1. The maximum Gasteiger partial charge on any atom is 0.229 e. The third kappa shape index (κ3) is 6.33. The zero-order chi connectivity index (χ0) is 22.2. The van der Waals surface area contributed by atoms with Crippen LogP contribution in [-0.4, -0.2) is 18.9 Å². The van der Waals surface area contributed by atoms with E-state index in [4.69, 9.17) is 16.3 Å². The van der Waals surface area contributed by atoms with Gasteiger partial charge in [-0.05, 0) is 47.5 Å². The summed E-state index contributed by atoms with van der Waals surface area (Å²) in [7, 11) is 1.60. The molecular weight excluding hydrogens is 412 g/mol. The molecule has 1 atom stereocenters. The zero-order valence-corrected chi connectivity index (χ0v) is 18.3. The monoisotopic (exact) mass is 436 g/mol. The first-order valence-electron chi connectivity index (χ1n) is 9.97. The van der Waals surface area contributed by atoms with E-state index in [2.05, 4.69) is 5.32 Å². The Morgan fingerprint density at radius 3 is 2.19 bits per heavy atom. The Bertz CT molecular complexity index is 1010. The third-order valence-corrected chi connectivity index (χ3v) is 5.15. The number of nitrogens with zero attached hydrogens (tertiary/aromatic N) is 1. The number of ether oxygens (including phenoxy) is 1. The fourth-order valence-electron chi connectivity index (χ4n) is 3.33. The average Bonchev–Trinajstić information content (AvgIpc) is 2.78. The highest BCUT2D eigenvalue weighted by Crippen LogP contribution is 2.26. The predicted octanol–water partition coefficient (Wildman–Crippen LogP) is 5.15. The van der Waals surface area contributed by atoms with Gasteiger partial charge in [0.05, 0.1) is 26.1 Å². The van der Waals surface area contributed by atoms with Crippen LogP contribution in [-0.2, 0) is 16.1 Å². The van der Waals surface area contributed by atoms with Crippen molar-refractivity contribution in [1.82, 2.24) is 5.32 Å². The van der Waals surface area contributed by atoms with Crippen LogP contribution in [0.4, 0.5) is 5.69 Å². The number of hydrogen-bond acceptors (Lipinski definition) is 3. The van der Waals surface area contributed by atoms with E-state index in [1.54, 1.807) is 24.1 Å². The summed E-state index contributed by atoms with van der Waals surface area (Å²) in [6, 6.07) is 23.8. The van der Waals surface area contributed by atoms with Crippen molar-refractivity contribution in [3.05, 3.63) is 95.0 Å². The Morgan fingerprint density at radius 2 is 1.61 bits per heavy atom. The van der Waals surface area contributed by atoms with Gasteiger partial charge >= 0.3 is 0 Å². The molecule has 0 heterocycles. The first-order valence-corrected chi connectivity index (χ1v) is 10.3. The van der Waals surface area contributed by atoms with Gasteiger partial charge in [0.2, 0.25) is 11.8 Å². The summed E-state index contributed by atoms with van der Waals surface area (Å²) in [5, 5.41) is 3.48. The molecule has 1 N–H and O–H groups in total. The van der Waals surface area contributed by atoms with E-state index in [1.165, 1.54) is 6.92 Å². The molecule has 6 heteroatoms. The van der Waals surface area contributed by atoms with Gasteiger partial charge in [-0.2, -0.15) is 0 Å². The van der Waals surface area contributed by atoms with Crippen molar-refractivity contribution in [2.45, 2.75) is 25.9 Å². The Kier molecular flexibility index (Phi) is 7.68. The van der Waals surface area contributed by atoms with E-state index >= 15 is 0 Å². The van der Waals surface area contributed by atoms with Crippen LogP contribution in [0.25, 0.3) is 0 Å². The summed E-state index contributed by atoms with van der Waals surface area (Å²) in [4.78, 5) is 27.0. The molecule has 3 rings (SSSR count). The highest BCUT2D eigenvalue weighted by Gasteiger charge is 2.23. The lowest BCUT2D eigenvalue weighted by Gasteiger charge is -2.26. The molecule has 3 aromatic carbocycles. The number of carbonyl (C=O) groups is 2. The maximum absolute atomic E-state index is 13.5. The van der Waals surface area contributed by atoms with Crippen molar-refractivity contribution >= 4 is 29.1 Å². The molecule has 0 spiro atoms. The summed E-state index contributed by atoms with van der Waals surface area (Å²) < 4.78 is 5.24. The highest BCUT2D eigenvalue weighted by molar-refractivity contribution is 6.30. The van der Waals surface area contributed by atoms with Crippen molar-refractivity contribution < 1.29 is 14.3 Å². The quantitative estimate of drug-likeness (QED) is 0.531. The Morgan fingerprint density at radius 1 is 0.968 bits per heavy atom. The second-order valence-corrected chi connectivity index (χ2v) is 7.61. The minimum Gasteiger partial charge on any atom is -0.497 e. The Hall–Kier alpha value is -3.31. The van der Waals surface area contributed by atoms with Gasteiger partial charge in [-0.3, -0.25) is 9.59 Å². The largest absolute Gasteiger partial charge is 0.497 e. The minimum atomic E-state index is -0.459. The van der Waals surface area contributed by atoms with Crippen LogP contribution in [0, 0.1) is 0 Å². The van der Waals surface area contributed by atoms with Gasteiger partial charge in [0.1, 0.15) is 5.75 Å². The van der Waals surface area contributed by atoms with Crippen LogP contribution < -0.4 is 15.0 Å². The number of nitrogens with one attached hydrogen (secondary N) is 1. The van der Waals surface area contributed by atoms with Gasteiger partial charge in [0, 0.05) is 17.6 Å². The second-order valence-electron chi connectivity index (χ2n) is 7.17. The molecule has 0 aliphatic carbocycles. The van der Waals surface area contributed by atoms with Crippen molar-refractivity contribution in [2.75, 3.05) is 12.0 Å². The van der Waals surface area contributed by atoms with Crippen LogP contribution in [0.3, 0.4) is 0 Å². The van der Waals surface area contributed by atoms with Crippen LogP contribution in [0.1, 0.15) is 30.5 Å². The maximum atomic E-state index is 13.5. The number of halogens is 1. The normalized spacial score (nSPS) is 11.5. The van der Waals surface area contributed by atoms with Crippen LogP contribution in [0.15, 0.2) is 78.9 Å². The summed E-state index contributed by atoms with van der Waals surface area (Å²) >= 11 is 6.00. The number of rotatable bonds is 8. The smallest absolute Gasteiger partial charge is 0.229 e. The first kappa shape index (κ1) is 22.4. The fourth-order valence-corrected chi connectivity index (χ4v) is 3.46. The minimum absolute atomic E-state index is 0.109. The van der Waals surface area contributed by atoms with Gasteiger partial charge in [-0.1, -0.05) is 54.1 Å². The third-order valence-electron chi connectivity index (χ3n) is 4.90. The van der Waals surface area contributed by atoms with Gasteiger partial charge in [-0.15, -0.1) is 0 Å². The Labute approximate surface area is 187 Å². The van der Waals surface area contributed by atoms with Crippen molar-refractivity contribution in [3.63, 3.8) is 0 Å². The van der Waals surface area contributed by atoms with E-state index < -0.39 is 6.04 Å². The number of carbonyl (C=O) groups excluding carboxylic acids is 2. The molecule has 0 aliphatic rings. The molecule has 5 nitrogen and oxygen atoms in total. The molecule has 1 unspecified atom stereocenters. The lowest BCUT2D eigenvalue weighted by Crippen LogP contribution is -2.35. The first-order chi connectivity index (χ1) is 15.0. The Balaban J connectivity index is 1.89. The molecule has 0 aromatic heterocycles. The molecular formula is C25H25ClN2O3. The molecule has 0 radical (unpaired) electrons. The second kappa shape index (κ2) is 10.6. The number of anilines is 1. The van der Waals surface area contributed by atoms with Crippen LogP contribution in [0.2, 0.25) is 5.02 Å². The molecule has 2 amide bonds. The molecule has 3 aromatic rings. The van der Waals surface area contributed by atoms with Crippen LogP contribution >= 0.6 is 11.6 Å². The van der Waals surface area contributed by atoms with Gasteiger partial charge in [0.15, 0.2) is 0 Å². The number of hydrogen-bond donors (Lipinski definition) is 1. The molecule has 0 aliphatic heterocycles. The molecule has 0 bridgehead atoms. The molecule has 31 heavy (non-hydrogen) atoms. The molecule has 0 saturated heterocycles. The van der Waals surface area contributed by atoms with Gasteiger partial charge < -0.3 is 15.0 Å². The number of benzene rings is 3. The highest BCUT2D eigenvalue weighted by atomic mass is 35.5. The molecule has 0 saturated carbocycles. The van der Waals surface area contributed by atoms with Crippen molar-refractivity contribution in [1.29, 1.82) is 0 Å². The van der Waals surface area contributed by atoms with E-state index in [-0.39, 0.29) is 18.2 Å². The van der Waals surface area contributed by atoms with Crippen molar-refractivity contribution in [3.8, 4) is 5.75 Å². The zero-order valence-electron chi connectivity index (χ0n) is 17.5. The van der Waals surface area contributed by atoms with Gasteiger partial charge in [-0.25, -0.2) is 0 Å². The van der Waals surface area contributed by atoms with Gasteiger partial charge in [0.25, 0.3) is 0 Å². The number of methoxy groups -OCH3 is 1.